The van der Waals surface area contributed by atoms with Gasteiger partial charge in [-0.15, -0.1) is 0 Å². The molecule has 0 bridgehead atoms. The lowest BCUT2D eigenvalue weighted by atomic mass is 9.68. The molecule has 2 heterocycles. The molecule has 33 heavy (non-hydrogen) atoms. The van der Waals surface area contributed by atoms with E-state index in [1.54, 1.807) is 12.1 Å². The standard InChI is InChI=1S/C23H15Cl5O5/c1-7(2)8-3-11-20(16(27)18(8)29)32-21-12(6-15(26)19(30)17(21)28)23(11)10-5-14(25)13(24)4-9(10)22(31)33-23/h3-7,11,20,29-30H,1-2H3. The van der Waals surface area contributed by atoms with Gasteiger partial charge in [-0.05, 0) is 29.7 Å². The van der Waals surface area contributed by atoms with Crippen LogP contribution in [0.4, 0.5) is 0 Å². The van der Waals surface area contributed by atoms with E-state index in [0.717, 1.165) is 0 Å². The molecule has 3 atom stereocenters. The first kappa shape index (κ1) is 23.0. The van der Waals surface area contributed by atoms with Gasteiger partial charge in [0.15, 0.2) is 11.4 Å². The van der Waals surface area contributed by atoms with Crippen molar-refractivity contribution in [1.82, 2.24) is 0 Å². The highest BCUT2D eigenvalue weighted by Crippen LogP contribution is 2.61. The summed E-state index contributed by atoms with van der Waals surface area (Å²) in [6, 6.07) is 4.43. The fourth-order valence-corrected chi connectivity index (χ4v) is 5.84. The molecule has 2 N–H and O–H groups in total. The Labute approximate surface area is 214 Å². The number of phenols is 1. The van der Waals surface area contributed by atoms with E-state index in [0.29, 0.717) is 16.7 Å². The lowest BCUT2D eigenvalue weighted by Crippen LogP contribution is -2.50. The molecule has 10 heteroatoms. The van der Waals surface area contributed by atoms with Gasteiger partial charge in [0, 0.05) is 11.1 Å². The third kappa shape index (κ3) is 3.03. The van der Waals surface area contributed by atoms with E-state index in [9.17, 15) is 15.0 Å². The van der Waals surface area contributed by atoms with Crippen LogP contribution in [0.5, 0.6) is 11.5 Å². The first-order valence-corrected chi connectivity index (χ1v) is 11.8. The van der Waals surface area contributed by atoms with Crippen LogP contribution < -0.4 is 4.74 Å². The van der Waals surface area contributed by atoms with Gasteiger partial charge in [-0.1, -0.05) is 77.9 Å². The maximum atomic E-state index is 13.1. The van der Waals surface area contributed by atoms with Gasteiger partial charge >= 0.3 is 5.97 Å². The predicted molar refractivity (Wildman–Crippen MR) is 127 cm³/mol. The van der Waals surface area contributed by atoms with E-state index < -0.39 is 29.3 Å². The molecule has 1 spiro atoms. The maximum absolute atomic E-state index is 13.1. The molecular formula is C23H15Cl5O5. The van der Waals surface area contributed by atoms with Crippen LogP contribution in [0.2, 0.25) is 20.1 Å². The summed E-state index contributed by atoms with van der Waals surface area (Å²) in [5.74, 6) is -1.95. The Morgan fingerprint density at radius 2 is 1.61 bits per heavy atom. The fraction of sp³-hybridized carbons (Fsp3) is 0.261. The average Bonchev–Trinajstić information content (AvgIpc) is 3.02. The molecule has 0 aromatic heterocycles. The third-order valence-corrected chi connectivity index (χ3v) is 8.01. The van der Waals surface area contributed by atoms with Gasteiger partial charge in [-0.2, -0.15) is 0 Å². The summed E-state index contributed by atoms with van der Waals surface area (Å²) in [6.45, 7) is 3.79. The fourth-order valence-electron chi connectivity index (χ4n) is 4.73. The number of fused-ring (bicyclic) bond motifs is 6. The van der Waals surface area contributed by atoms with Crippen LogP contribution in [0.1, 0.15) is 35.3 Å². The third-order valence-electron chi connectivity index (χ3n) is 6.25. The van der Waals surface area contributed by atoms with Crippen molar-refractivity contribution in [3.05, 3.63) is 77.4 Å². The van der Waals surface area contributed by atoms with Crippen LogP contribution >= 0.6 is 58.0 Å². The molecular weight excluding hydrogens is 534 g/mol. The number of halogens is 5. The number of carbonyl (C=O) groups is 1. The molecule has 0 amide bonds. The van der Waals surface area contributed by atoms with Crippen molar-refractivity contribution in [3.8, 4) is 11.5 Å². The zero-order valence-corrected chi connectivity index (χ0v) is 20.8. The number of esters is 1. The molecule has 0 saturated carbocycles. The normalized spacial score (nSPS) is 25.5. The number of aliphatic hydroxyl groups excluding tert-OH is 1. The number of aromatic hydroxyl groups is 1. The summed E-state index contributed by atoms with van der Waals surface area (Å²) >= 11 is 31.8. The van der Waals surface area contributed by atoms with Crippen molar-refractivity contribution in [2.24, 2.45) is 11.8 Å². The molecule has 0 saturated heterocycles. The number of allylic oxidation sites excluding steroid dienone is 1. The molecule has 5 rings (SSSR count). The Hall–Kier alpha value is -1.76. The van der Waals surface area contributed by atoms with E-state index in [1.165, 1.54) is 12.1 Å². The number of rotatable bonds is 1. The second-order valence-electron chi connectivity index (χ2n) is 8.37. The Morgan fingerprint density at radius 3 is 2.27 bits per heavy atom. The number of hydrogen-bond acceptors (Lipinski definition) is 5. The lowest BCUT2D eigenvalue weighted by molar-refractivity contribution is -0.0439. The lowest BCUT2D eigenvalue weighted by Gasteiger charge is -2.47. The van der Waals surface area contributed by atoms with Crippen LogP contribution in [0.25, 0.3) is 0 Å². The number of hydrogen-bond donors (Lipinski definition) is 2. The zero-order chi connectivity index (χ0) is 24.0. The van der Waals surface area contributed by atoms with Gasteiger partial charge in [-0.3, -0.25) is 0 Å². The number of carbonyl (C=O) groups excluding carboxylic acids is 1. The summed E-state index contributed by atoms with van der Waals surface area (Å²) in [6.07, 6.45) is 0.798. The van der Waals surface area contributed by atoms with Crippen LogP contribution in [0.3, 0.4) is 0 Å². The average molecular weight is 549 g/mol. The molecule has 172 valence electrons. The van der Waals surface area contributed by atoms with Crippen molar-refractivity contribution in [2.45, 2.75) is 25.6 Å². The van der Waals surface area contributed by atoms with Crippen molar-refractivity contribution in [2.75, 3.05) is 0 Å². The highest BCUT2D eigenvalue weighted by molar-refractivity contribution is 6.42. The molecule has 2 aromatic carbocycles. The quantitative estimate of drug-likeness (QED) is 0.363. The largest absolute Gasteiger partial charge is 0.506 e. The smallest absolute Gasteiger partial charge is 0.339 e. The summed E-state index contributed by atoms with van der Waals surface area (Å²) in [4.78, 5) is 13.1. The van der Waals surface area contributed by atoms with Crippen molar-refractivity contribution in [1.29, 1.82) is 0 Å². The van der Waals surface area contributed by atoms with Crippen LogP contribution in [0.15, 0.2) is 40.6 Å². The highest BCUT2D eigenvalue weighted by atomic mass is 35.5. The SMILES string of the molecule is CC(C)C1=CC2C(Oc3c(cc(Cl)c(O)c3Cl)C23OC(=O)c2cc(Cl)c(Cl)cc23)C(Cl)=C1O. The molecule has 5 nitrogen and oxygen atoms in total. The molecule has 3 unspecified atom stereocenters. The van der Waals surface area contributed by atoms with Gasteiger partial charge in [-0.25, -0.2) is 4.79 Å². The molecule has 2 aliphatic heterocycles. The van der Waals surface area contributed by atoms with Crippen LogP contribution in [-0.4, -0.2) is 22.3 Å². The van der Waals surface area contributed by atoms with Crippen LogP contribution in [0, 0.1) is 11.8 Å². The first-order chi connectivity index (χ1) is 15.5. The number of aliphatic hydroxyl groups is 1. The maximum Gasteiger partial charge on any atom is 0.339 e. The van der Waals surface area contributed by atoms with E-state index in [4.69, 9.17) is 67.5 Å². The minimum Gasteiger partial charge on any atom is -0.506 e. The number of phenolic OH excluding ortho intramolecular Hbond substituents is 1. The van der Waals surface area contributed by atoms with Crippen molar-refractivity contribution in [3.63, 3.8) is 0 Å². The van der Waals surface area contributed by atoms with Crippen molar-refractivity contribution < 1.29 is 24.5 Å². The summed E-state index contributed by atoms with van der Waals surface area (Å²) in [5, 5.41) is 21.3. The Bertz CT molecular complexity index is 1320. The zero-order valence-electron chi connectivity index (χ0n) is 17.1. The molecule has 3 aliphatic rings. The summed E-state index contributed by atoms with van der Waals surface area (Å²) < 4.78 is 12.2. The van der Waals surface area contributed by atoms with Gasteiger partial charge in [0.1, 0.15) is 27.7 Å². The minimum absolute atomic E-state index is 0.0197. The monoisotopic (exact) mass is 546 g/mol. The first-order valence-electron chi connectivity index (χ1n) is 9.90. The minimum atomic E-state index is -1.51. The van der Waals surface area contributed by atoms with E-state index in [-0.39, 0.29) is 48.1 Å². The molecule has 0 radical (unpaired) electrons. The summed E-state index contributed by atoms with van der Waals surface area (Å²) in [7, 11) is 0. The molecule has 1 aliphatic carbocycles. The number of benzene rings is 2. The Balaban J connectivity index is 1.92. The molecule has 2 aromatic rings. The van der Waals surface area contributed by atoms with Gasteiger partial charge in [0.05, 0.1) is 26.5 Å². The van der Waals surface area contributed by atoms with Gasteiger partial charge < -0.3 is 19.7 Å². The van der Waals surface area contributed by atoms with Gasteiger partial charge in [0.25, 0.3) is 0 Å². The topological polar surface area (TPSA) is 76.0 Å². The second kappa shape index (κ2) is 7.62. The Morgan fingerprint density at radius 1 is 0.970 bits per heavy atom. The highest BCUT2D eigenvalue weighted by Gasteiger charge is 2.61. The van der Waals surface area contributed by atoms with E-state index >= 15 is 0 Å². The van der Waals surface area contributed by atoms with Crippen LogP contribution in [-0.2, 0) is 10.3 Å². The molecule has 0 fully saturated rings. The van der Waals surface area contributed by atoms with Gasteiger partial charge in [0.2, 0.25) is 0 Å². The number of ether oxygens (including phenoxy) is 2. The van der Waals surface area contributed by atoms with E-state index in [2.05, 4.69) is 0 Å². The van der Waals surface area contributed by atoms with Crippen molar-refractivity contribution >= 4 is 64.0 Å². The second-order valence-corrected chi connectivity index (χ2v) is 10.4. The van der Waals surface area contributed by atoms with E-state index in [1.807, 2.05) is 13.8 Å². The predicted octanol–water partition coefficient (Wildman–Crippen LogP) is 7.40. The summed E-state index contributed by atoms with van der Waals surface area (Å²) in [5.41, 5.74) is -0.00317. The Kier molecular flexibility index (Phi) is 5.31.